The van der Waals surface area contributed by atoms with Crippen molar-refractivity contribution in [3.8, 4) is 11.5 Å². The van der Waals surface area contributed by atoms with Crippen molar-refractivity contribution in [2.24, 2.45) is 0 Å². The Morgan fingerprint density at radius 3 is 2.67 bits per heavy atom. The molecule has 1 aromatic heterocycles. The third-order valence-electron chi connectivity index (χ3n) is 3.55. The summed E-state index contributed by atoms with van der Waals surface area (Å²) in [5, 5.41) is 13.1. The van der Waals surface area contributed by atoms with Gasteiger partial charge in [0.15, 0.2) is 17.3 Å². The third kappa shape index (κ3) is 6.95. The summed E-state index contributed by atoms with van der Waals surface area (Å²) in [6, 6.07) is 10.7. The summed E-state index contributed by atoms with van der Waals surface area (Å²) >= 11 is 0. The summed E-state index contributed by atoms with van der Waals surface area (Å²) in [7, 11) is 0. The molecular formula is C21H24N2O4. The van der Waals surface area contributed by atoms with Crippen molar-refractivity contribution in [1.82, 2.24) is 10.3 Å². The fourth-order valence-corrected chi connectivity index (χ4v) is 2.20. The molecule has 6 heteroatoms. The lowest BCUT2D eigenvalue weighted by Gasteiger charge is -2.16. The van der Waals surface area contributed by atoms with Crippen molar-refractivity contribution in [2.75, 3.05) is 19.8 Å². The van der Waals surface area contributed by atoms with Crippen LogP contribution in [0.2, 0.25) is 0 Å². The molecule has 0 saturated carbocycles. The number of para-hydroxylation sites is 2. The minimum atomic E-state index is -0.755. The van der Waals surface area contributed by atoms with E-state index in [2.05, 4.69) is 16.9 Å². The topological polar surface area (TPSA) is 80.7 Å². The molecule has 6 nitrogen and oxygen atoms in total. The molecule has 0 fully saturated rings. The zero-order chi connectivity index (χ0) is 19.5. The number of ether oxygens (including phenoxy) is 2. The quantitative estimate of drug-likeness (QED) is 0.361. The van der Waals surface area contributed by atoms with Gasteiger partial charge in [0.25, 0.3) is 0 Å². The number of benzene rings is 1. The first-order valence-corrected chi connectivity index (χ1v) is 8.60. The monoisotopic (exact) mass is 368 g/mol. The fourth-order valence-electron chi connectivity index (χ4n) is 2.20. The van der Waals surface area contributed by atoms with E-state index in [0.29, 0.717) is 29.4 Å². The van der Waals surface area contributed by atoms with E-state index in [1.54, 1.807) is 43.5 Å². The second kappa shape index (κ2) is 10.8. The number of aliphatic hydroxyl groups is 1. The number of hydrogen-bond donors (Lipinski definition) is 2. The molecule has 1 heterocycles. The highest BCUT2D eigenvalue weighted by atomic mass is 16.5. The highest BCUT2D eigenvalue weighted by Crippen LogP contribution is 2.26. The summed E-state index contributed by atoms with van der Waals surface area (Å²) < 4.78 is 11.1. The van der Waals surface area contributed by atoms with E-state index in [-0.39, 0.29) is 18.9 Å². The number of ketones is 1. The van der Waals surface area contributed by atoms with Gasteiger partial charge in [-0.25, -0.2) is 0 Å². The van der Waals surface area contributed by atoms with Crippen LogP contribution in [0.25, 0.3) is 0 Å². The second-order valence-electron chi connectivity index (χ2n) is 5.83. The number of rotatable bonds is 11. The Bertz CT molecular complexity index is 775. The summed E-state index contributed by atoms with van der Waals surface area (Å²) in [6.45, 7) is 6.09. The van der Waals surface area contributed by atoms with Crippen molar-refractivity contribution in [2.45, 2.75) is 13.0 Å². The highest BCUT2D eigenvalue weighted by molar-refractivity contribution is 6.04. The second-order valence-corrected chi connectivity index (χ2v) is 5.83. The number of aliphatic hydroxyl groups excluding tert-OH is 1. The van der Waals surface area contributed by atoms with Crippen molar-refractivity contribution in [3.63, 3.8) is 0 Å². The molecule has 142 valence electrons. The number of carbonyl (C=O) groups is 1. The van der Waals surface area contributed by atoms with Gasteiger partial charge in [0.2, 0.25) is 0 Å². The highest BCUT2D eigenvalue weighted by Gasteiger charge is 2.09. The zero-order valence-corrected chi connectivity index (χ0v) is 15.3. The molecule has 1 atom stereocenters. The van der Waals surface area contributed by atoms with Gasteiger partial charge in [-0.15, -0.1) is 0 Å². The van der Waals surface area contributed by atoms with Crippen LogP contribution in [0.4, 0.5) is 0 Å². The van der Waals surface area contributed by atoms with Crippen LogP contribution in [-0.4, -0.2) is 41.7 Å². The number of carbonyl (C=O) groups excluding carboxylic acids is 1. The van der Waals surface area contributed by atoms with Crippen LogP contribution in [0.5, 0.6) is 11.5 Å². The van der Waals surface area contributed by atoms with E-state index in [1.165, 1.54) is 12.3 Å². The van der Waals surface area contributed by atoms with Gasteiger partial charge in [0.1, 0.15) is 19.3 Å². The largest absolute Gasteiger partial charge is 0.487 e. The maximum absolute atomic E-state index is 12.1. The molecule has 0 aliphatic heterocycles. The molecule has 2 aromatic rings. The lowest BCUT2D eigenvalue weighted by Crippen LogP contribution is -2.30. The molecule has 0 aliphatic carbocycles. The lowest BCUT2D eigenvalue weighted by atomic mass is 10.1. The molecule has 2 N–H and O–H groups in total. The van der Waals surface area contributed by atoms with Crippen LogP contribution in [0, 0.1) is 0 Å². The standard InChI is InChI=1S/C21H24N2O4/c1-3-11-26-20-8-4-5-9-21(20)27-15-18(24)14-23-16(2)12-19(25)17-7-6-10-22-13-17/h3-10,12-13,18,23-24H,1,11,14-15H2,2H3. The first-order chi connectivity index (χ1) is 13.1. The Balaban J connectivity index is 1.81. The maximum atomic E-state index is 12.1. The van der Waals surface area contributed by atoms with Gasteiger partial charge in [0, 0.05) is 36.3 Å². The molecule has 1 aromatic carbocycles. The Morgan fingerprint density at radius 2 is 2.00 bits per heavy atom. The van der Waals surface area contributed by atoms with E-state index < -0.39 is 6.10 Å². The van der Waals surface area contributed by atoms with Crippen molar-refractivity contribution in [1.29, 1.82) is 0 Å². The van der Waals surface area contributed by atoms with Crippen LogP contribution in [0.1, 0.15) is 17.3 Å². The molecule has 0 saturated heterocycles. The van der Waals surface area contributed by atoms with Crippen molar-refractivity contribution in [3.05, 3.63) is 78.8 Å². The van der Waals surface area contributed by atoms with Gasteiger partial charge in [-0.1, -0.05) is 24.8 Å². The van der Waals surface area contributed by atoms with Crippen LogP contribution >= 0.6 is 0 Å². The Hall–Kier alpha value is -3.12. The Labute approximate surface area is 159 Å². The number of hydrogen-bond acceptors (Lipinski definition) is 6. The minimum Gasteiger partial charge on any atom is -0.487 e. The van der Waals surface area contributed by atoms with E-state index in [1.807, 2.05) is 12.1 Å². The van der Waals surface area contributed by atoms with E-state index in [0.717, 1.165) is 0 Å². The number of aromatic nitrogens is 1. The molecule has 0 amide bonds. The maximum Gasteiger partial charge on any atom is 0.189 e. The van der Waals surface area contributed by atoms with Gasteiger partial charge < -0.3 is 19.9 Å². The van der Waals surface area contributed by atoms with Gasteiger partial charge >= 0.3 is 0 Å². The molecular weight excluding hydrogens is 344 g/mol. The fraction of sp³-hybridized carbons (Fsp3) is 0.238. The first kappa shape index (κ1) is 20.2. The molecule has 0 aliphatic rings. The summed E-state index contributed by atoms with van der Waals surface area (Å²) in [4.78, 5) is 16.0. The number of nitrogens with zero attached hydrogens (tertiary/aromatic N) is 1. The summed E-state index contributed by atoms with van der Waals surface area (Å²) in [5.74, 6) is 1.00. The van der Waals surface area contributed by atoms with Gasteiger partial charge in [-0.3, -0.25) is 9.78 Å². The number of nitrogens with one attached hydrogen (secondary N) is 1. The molecule has 0 spiro atoms. The van der Waals surface area contributed by atoms with E-state index >= 15 is 0 Å². The van der Waals surface area contributed by atoms with E-state index in [4.69, 9.17) is 9.47 Å². The van der Waals surface area contributed by atoms with Gasteiger partial charge in [0.05, 0.1) is 0 Å². The van der Waals surface area contributed by atoms with Crippen LogP contribution in [0.15, 0.2) is 73.2 Å². The predicted molar refractivity (Wildman–Crippen MR) is 104 cm³/mol. The lowest BCUT2D eigenvalue weighted by molar-refractivity contribution is 0.103. The number of allylic oxidation sites excluding steroid dienone is 2. The molecule has 0 radical (unpaired) electrons. The minimum absolute atomic E-state index is 0.0886. The smallest absolute Gasteiger partial charge is 0.189 e. The third-order valence-corrected chi connectivity index (χ3v) is 3.55. The Morgan fingerprint density at radius 1 is 1.26 bits per heavy atom. The summed E-state index contributed by atoms with van der Waals surface area (Å²) in [5.41, 5.74) is 1.16. The normalized spacial score (nSPS) is 12.1. The number of pyridine rings is 1. The molecule has 2 rings (SSSR count). The van der Waals surface area contributed by atoms with Crippen LogP contribution in [-0.2, 0) is 0 Å². The molecule has 1 unspecified atom stereocenters. The summed E-state index contributed by atoms with van der Waals surface area (Å²) in [6.07, 6.45) is 5.50. The van der Waals surface area contributed by atoms with Crippen LogP contribution in [0.3, 0.4) is 0 Å². The zero-order valence-electron chi connectivity index (χ0n) is 15.3. The average molecular weight is 368 g/mol. The van der Waals surface area contributed by atoms with Crippen LogP contribution < -0.4 is 14.8 Å². The van der Waals surface area contributed by atoms with Crippen molar-refractivity contribution < 1.29 is 19.4 Å². The molecule has 27 heavy (non-hydrogen) atoms. The van der Waals surface area contributed by atoms with Crippen molar-refractivity contribution >= 4 is 5.78 Å². The van der Waals surface area contributed by atoms with E-state index in [9.17, 15) is 9.90 Å². The first-order valence-electron chi connectivity index (χ1n) is 8.60. The van der Waals surface area contributed by atoms with Gasteiger partial charge in [-0.05, 0) is 31.2 Å². The predicted octanol–water partition coefficient (Wildman–Crippen LogP) is 2.76. The van der Waals surface area contributed by atoms with Gasteiger partial charge in [-0.2, -0.15) is 0 Å². The average Bonchev–Trinajstić information content (AvgIpc) is 2.70. The Kier molecular flexibility index (Phi) is 8.06. The molecule has 0 bridgehead atoms. The SMILES string of the molecule is C=CCOc1ccccc1OCC(O)CNC(C)=CC(=O)c1cccnc1.